The van der Waals surface area contributed by atoms with Gasteiger partial charge in [-0.25, -0.2) is 0 Å². The average Bonchev–Trinajstić information content (AvgIpc) is 2.51. The first-order valence-corrected chi connectivity index (χ1v) is 7.66. The summed E-state index contributed by atoms with van der Waals surface area (Å²) in [5.74, 6) is 1.52. The van der Waals surface area contributed by atoms with E-state index in [-0.39, 0.29) is 12.0 Å². The summed E-state index contributed by atoms with van der Waals surface area (Å²) in [5.41, 5.74) is 0.922. The maximum Gasteiger partial charge on any atom is 0.220 e. The molecule has 1 amide bonds. The lowest BCUT2D eigenvalue weighted by atomic mass is 10.1. The Balaban J connectivity index is 2.38. The maximum atomic E-state index is 11.9. The van der Waals surface area contributed by atoms with Crippen LogP contribution in [0.25, 0.3) is 0 Å². The molecule has 0 bridgehead atoms. The van der Waals surface area contributed by atoms with E-state index in [0.29, 0.717) is 26.0 Å². The number of carbonyl (C=O) groups excluding carboxylic acids is 1. The first-order valence-electron chi connectivity index (χ1n) is 7.66. The number of methoxy groups -OCH3 is 2. The molecule has 1 aromatic rings. The lowest BCUT2D eigenvalue weighted by Crippen LogP contribution is -2.25. The molecule has 0 unspecified atom stereocenters. The van der Waals surface area contributed by atoms with Crippen molar-refractivity contribution in [2.75, 3.05) is 27.4 Å². The van der Waals surface area contributed by atoms with E-state index in [1.165, 1.54) is 0 Å². The summed E-state index contributed by atoms with van der Waals surface area (Å²) in [5, 5.41) is 2.90. The zero-order valence-electron chi connectivity index (χ0n) is 14.0. The number of hydrogen-bond acceptors (Lipinski definition) is 4. The summed E-state index contributed by atoms with van der Waals surface area (Å²) >= 11 is 0. The Morgan fingerprint density at radius 2 is 1.82 bits per heavy atom. The smallest absolute Gasteiger partial charge is 0.220 e. The molecule has 5 heteroatoms. The van der Waals surface area contributed by atoms with E-state index in [4.69, 9.17) is 14.2 Å². The summed E-state index contributed by atoms with van der Waals surface area (Å²) in [6.07, 6.45) is 2.04. The van der Waals surface area contributed by atoms with E-state index in [9.17, 15) is 4.79 Å². The maximum absolute atomic E-state index is 11.9. The van der Waals surface area contributed by atoms with Crippen molar-refractivity contribution in [1.29, 1.82) is 0 Å². The molecule has 1 N–H and O–H groups in total. The first kappa shape index (κ1) is 18.3. The third-order valence-corrected chi connectivity index (χ3v) is 3.23. The predicted molar refractivity (Wildman–Crippen MR) is 86.6 cm³/mol. The molecule has 0 saturated carbocycles. The SMILES string of the molecule is COc1cccc(OC)c1CCC(=O)NCCCOC(C)C. The number of carbonyl (C=O) groups is 1. The van der Waals surface area contributed by atoms with Gasteiger partial charge in [-0.1, -0.05) is 6.07 Å². The van der Waals surface area contributed by atoms with Crippen molar-refractivity contribution in [2.24, 2.45) is 0 Å². The molecule has 0 spiro atoms. The Morgan fingerprint density at radius 1 is 1.18 bits per heavy atom. The number of benzene rings is 1. The molecule has 0 heterocycles. The van der Waals surface area contributed by atoms with Crippen LogP contribution in [0.3, 0.4) is 0 Å². The van der Waals surface area contributed by atoms with E-state index < -0.39 is 0 Å². The van der Waals surface area contributed by atoms with Crippen LogP contribution >= 0.6 is 0 Å². The molecule has 0 aliphatic heterocycles. The van der Waals surface area contributed by atoms with Crippen LogP contribution in [0.4, 0.5) is 0 Å². The van der Waals surface area contributed by atoms with Crippen LogP contribution in [0.15, 0.2) is 18.2 Å². The van der Waals surface area contributed by atoms with Gasteiger partial charge in [-0.2, -0.15) is 0 Å². The van der Waals surface area contributed by atoms with Gasteiger partial charge in [-0.05, 0) is 38.8 Å². The van der Waals surface area contributed by atoms with Gasteiger partial charge in [0, 0.05) is 25.1 Å². The average molecular weight is 309 g/mol. The molecule has 0 radical (unpaired) electrons. The standard InChI is InChI=1S/C17H27NO4/c1-13(2)22-12-6-11-18-17(19)10-9-14-15(20-3)7-5-8-16(14)21-4/h5,7-8,13H,6,9-12H2,1-4H3,(H,18,19). The zero-order valence-corrected chi connectivity index (χ0v) is 14.0. The predicted octanol–water partition coefficient (Wildman–Crippen LogP) is 2.57. The minimum Gasteiger partial charge on any atom is -0.496 e. The molecule has 0 atom stereocenters. The molecule has 0 aromatic heterocycles. The molecule has 5 nitrogen and oxygen atoms in total. The van der Waals surface area contributed by atoms with Gasteiger partial charge in [-0.3, -0.25) is 4.79 Å². The second-order valence-electron chi connectivity index (χ2n) is 5.26. The van der Waals surface area contributed by atoms with Crippen LogP contribution in [0.5, 0.6) is 11.5 Å². The highest BCUT2D eigenvalue weighted by atomic mass is 16.5. The van der Waals surface area contributed by atoms with Crippen molar-refractivity contribution >= 4 is 5.91 Å². The Kier molecular flexibility index (Phi) is 8.36. The van der Waals surface area contributed by atoms with Crippen molar-refractivity contribution in [2.45, 2.75) is 39.2 Å². The molecular weight excluding hydrogens is 282 g/mol. The fraction of sp³-hybridized carbons (Fsp3) is 0.588. The van der Waals surface area contributed by atoms with Crippen molar-refractivity contribution in [3.63, 3.8) is 0 Å². The van der Waals surface area contributed by atoms with Gasteiger partial charge in [0.05, 0.1) is 20.3 Å². The van der Waals surface area contributed by atoms with Gasteiger partial charge in [0.15, 0.2) is 0 Å². The van der Waals surface area contributed by atoms with Crippen LogP contribution < -0.4 is 14.8 Å². The molecule has 0 aliphatic rings. The summed E-state index contributed by atoms with van der Waals surface area (Å²) in [7, 11) is 3.24. The molecule has 1 aromatic carbocycles. The zero-order chi connectivity index (χ0) is 16.4. The van der Waals surface area contributed by atoms with Gasteiger partial charge in [0.25, 0.3) is 0 Å². The van der Waals surface area contributed by atoms with E-state index in [2.05, 4.69) is 5.32 Å². The monoisotopic (exact) mass is 309 g/mol. The lowest BCUT2D eigenvalue weighted by molar-refractivity contribution is -0.121. The van der Waals surface area contributed by atoms with Crippen LogP contribution in [0.2, 0.25) is 0 Å². The number of rotatable bonds is 10. The second kappa shape index (κ2) is 10.1. The number of ether oxygens (including phenoxy) is 3. The highest BCUT2D eigenvalue weighted by molar-refractivity contribution is 5.76. The van der Waals surface area contributed by atoms with Crippen molar-refractivity contribution in [3.05, 3.63) is 23.8 Å². The third kappa shape index (κ3) is 6.35. The van der Waals surface area contributed by atoms with E-state index in [1.54, 1.807) is 14.2 Å². The van der Waals surface area contributed by atoms with Crippen LogP contribution in [-0.4, -0.2) is 39.4 Å². The fourth-order valence-corrected chi connectivity index (χ4v) is 2.12. The highest BCUT2D eigenvalue weighted by Gasteiger charge is 2.11. The topological polar surface area (TPSA) is 56.8 Å². The van der Waals surface area contributed by atoms with Crippen LogP contribution in [0.1, 0.15) is 32.3 Å². The van der Waals surface area contributed by atoms with Crippen LogP contribution in [-0.2, 0) is 16.0 Å². The van der Waals surface area contributed by atoms with Gasteiger partial charge in [0.1, 0.15) is 11.5 Å². The quantitative estimate of drug-likeness (QED) is 0.675. The molecule has 124 valence electrons. The van der Waals surface area contributed by atoms with E-state index in [1.807, 2.05) is 32.0 Å². The molecule has 0 aliphatic carbocycles. The summed E-state index contributed by atoms with van der Waals surface area (Å²) in [4.78, 5) is 11.9. The fourth-order valence-electron chi connectivity index (χ4n) is 2.12. The van der Waals surface area contributed by atoms with Gasteiger partial charge < -0.3 is 19.5 Å². The minimum absolute atomic E-state index is 0.0255. The summed E-state index contributed by atoms with van der Waals surface area (Å²) < 4.78 is 16.1. The number of hydrogen-bond donors (Lipinski definition) is 1. The number of nitrogens with one attached hydrogen (secondary N) is 1. The van der Waals surface area contributed by atoms with Gasteiger partial charge in [-0.15, -0.1) is 0 Å². The van der Waals surface area contributed by atoms with Gasteiger partial charge in [0.2, 0.25) is 5.91 Å². The Hall–Kier alpha value is -1.75. The largest absolute Gasteiger partial charge is 0.496 e. The molecular formula is C17H27NO4. The van der Waals surface area contributed by atoms with Crippen LogP contribution in [0, 0.1) is 0 Å². The van der Waals surface area contributed by atoms with Gasteiger partial charge >= 0.3 is 0 Å². The van der Waals surface area contributed by atoms with E-state index >= 15 is 0 Å². The summed E-state index contributed by atoms with van der Waals surface area (Å²) in [6, 6.07) is 5.62. The Morgan fingerprint density at radius 3 is 2.36 bits per heavy atom. The lowest BCUT2D eigenvalue weighted by Gasteiger charge is -2.13. The Bertz CT molecular complexity index is 438. The summed E-state index contributed by atoms with van der Waals surface area (Å²) in [6.45, 7) is 5.30. The first-order chi connectivity index (χ1) is 10.6. The highest BCUT2D eigenvalue weighted by Crippen LogP contribution is 2.29. The minimum atomic E-state index is 0.0255. The molecule has 1 rings (SSSR count). The van der Waals surface area contributed by atoms with E-state index in [0.717, 1.165) is 23.5 Å². The number of amides is 1. The molecule has 0 fully saturated rings. The van der Waals surface area contributed by atoms with Crippen molar-refractivity contribution in [3.8, 4) is 11.5 Å². The molecule has 0 saturated heterocycles. The second-order valence-corrected chi connectivity index (χ2v) is 5.26. The van der Waals surface area contributed by atoms with Crippen molar-refractivity contribution in [1.82, 2.24) is 5.32 Å². The normalized spacial score (nSPS) is 10.6. The van der Waals surface area contributed by atoms with Crippen molar-refractivity contribution < 1.29 is 19.0 Å². The Labute approximate surface area is 132 Å². The molecule has 22 heavy (non-hydrogen) atoms. The third-order valence-electron chi connectivity index (χ3n) is 3.23.